The van der Waals surface area contributed by atoms with E-state index in [2.05, 4.69) is 0 Å². The molecule has 0 aromatic heterocycles. The van der Waals surface area contributed by atoms with Crippen LogP contribution >= 0.6 is 0 Å². The number of aliphatic hydroxyl groups is 1. The molecule has 0 atom stereocenters. The fourth-order valence-corrected chi connectivity index (χ4v) is 2.56. The van der Waals surface area contributed by atoms with Crippen LogP contribution in [0.1, 0.15) is 25.7 Å². The second-order valence-electron chi connectivity index (χ2n) is 5.63. The molecule has 0 aliphatic carbocycles. The maximum atomic E-state index is 9.84. The molecule has 3 N–H and O–H groups in total. The first kappa shape index (κ1) is 16.1. The molecule has 0 aromatic rings. The minimum atomic E-state index is -0.616. The van der Waals surface area contributed by atoms with Crippen molar-refractivity contribution in [1.29, 1.82) is 0 Å². The van der Waals surface area contributed by atoms with Crippen LogP contribution in [0.25, 0.3) is 0 Å². The highest BCUT2D eigenvalue weighted by atomic mass is 16.5. The van der Waals surface area contributed by atoms with Gasteiger partial charge < -0.3 is 25.0 Å². The lowest BCUT2D eigenvalue weighted by Gasteiger charge is -2.29. The summed E-state index contributed by atoms with van der Waals surface area (Å²) in [4.78, 5) is 0. The summed E-state index contributed by atoms with van der Waals surface area (Å²) < 4.78 is 11.3. The van der Waals surface area contributed by atoms with Gasteiger partial charge in [-0.25, -0.2) is 0 Å². The third-order valence-electron chi connectivity index (χ3n) is 3.89. The number of hydrogen-bond acceptors (Lipinski definition) is 7. The molecule has 7 nitrogen and oxygen atoms in total. The molecular formula is C13H26N2O5. The highest BCUT2D eigenvalue weighted by Crippen LogP contribution is 2.14. The number of nitrogens with zero attached hydrogens (tertiary/aromatic N) is 2. The van der Waals surface area contributed by atoms with Crippen molar-refractivity contribution in [2.24, 2.45) is 0 Å². The zero-order valence-electron chi connectivity index (χ0n) is 11.9. The quantitative estimate of drug-likeness (QED) is 0.639. The van der Waals surface area contributed by atoms with E-state index in [4.69, 9.17) is 9.47 Å². The summed E-state index contributed by atoms with van der Waals surface area (Å²) in [7, 11) is 0. The molecule has 0 amide bonds. The first-order valence-corrected chi connectivity index (χ1v) is 7.42. The average molecular weight is 290 g/mol. The Balaban J connectivity index is 1.53. The molecule has 0 spiro atoms. The third-order valence-corrected chi connectivity index (χ3v) is 3.89. The second kappa shape index (κ2) is 8.23. The zero-order valence-corrected chi connectivity index (χ0v) is 11.9. The van der Waals surface area contributed by atoms with Gasteiger partial charge in [0.2, 0.25) is 0 Å². The normalized spacial score (nSPS) is 24.6. The number of aliphatic hydroxyl groups excluding tert-OH is 1. The lowest BCUT2D eigenvalue weighted by atomic mass is 10.1. The van der Waals surface area contributed by atoms with Gasteiger partial charge in [-0.3, -0.25) is 0 Å². The van der Waals surface area contributed by atoms with Gasteiger partial charge in [-0.2, -0.15) is 10.1 Å². The number of piperidine rings is 2. The predicted octanol–water partition coefficient (Wildman–Crippen LogP) is 0.0877. The molecule has 2 aliphatic rings. The Hall–Kier alpha value is -0.280. The Morgan fingerprint density at radius 3 is 1.50 bits per heavy atom. The number of hydroxylamine groups is 4. The topological polar surface area (TPSA) is 85.6 Å². The minimum Gasteiger partial charge on any atom is -0.388 e. The zero-order chi connectivity index (χ0) is 14.4. The maximum absolute atomic E-state index is 9.84. The summed E-state index contributed by atoms with van der Waals surface area (Å²) in [5.41, 5.74) is 0. The number of ether oxygens (including phenoxy) is 2. The van der Waals surface area contributed by atoms with Crippen molar-refractivity contribution in [3.63, 3.8) is 0 Å². The fraction of sp³-hybridized carbons (Fsp3) is 1.00. The van der Waals surface area contributed by atoms with E-state index in [1.165, 1.54) is 10.1 Å². The lowest BCUT2D eigenvalue weighted by molar-refractivity contribution is -0.146. The Morgan fingerprint density at radius 2 is 1.15 bits per heavy atom. The number of rotatable bonds is 6. The van der Waals surface area contributed by atoms with Gasteiger partial charge in [0.05, 0.1) is 25.4 Å². The molecule has 118 valence electrons. The molecule has 0 saturated carbocycles. The van der Waals surface area contributed by atoms with Crippen molar-refractivity contribution in [2.75, 3.05) is 39.4 Å². The summed E-state index contributed by atoms with van der Waals surface area (Å²) >= 11 is 0. The van der Waals surface area contributed by atoms with Crippen LogP contribution in [0.4, 0.5) is 0 Å². The average Bonchev–Trinajstić information content (AvgIpc) is 2.46. The first-order valence-electron chi connectivity index (χ1n) is 7.42. The van der Waals surface area contributed by atoms with Crippen LogP contribution in [0.15, 0.2) is 0 Å². The molecule has 7 heteroatoms. The molecule has 2 rings (SSSR count). The summed E-state index contributed by atoms with van der Waals surface area (Å²) in [5.74, 6) is 0. The molecule has 0 bridgehead atoms. The van der Waals surface area contributed by atoms with Crippen molar-refractivity contribution in [1.82, 2.24) is 10.1 Å². The SMILES string of the molecule is OC(COC1CCN(O)CC1)COC1CCN(O)CC1. The van der Waals surface area contributed by atoms with Gasteiger partial charge in [-0.1, -0.05) is 0 Å². The van der Waals surface area contributed by atoms with Crippen molar-refractivity contribution in [3.8, 4) is 0 Å². The van der Waals surface area contributed by atoms with Crippen LogP contribution in [0.2, 0.25) is 0 Å². The maximum Gasteiger partial charge on any atom is 0.101 e. The van der Waals surface area contributed by atoms with Gasteiger partial charge in [0.1, 0.15) is 6.10 Å². The van der Waals surface area contributed by atoms with E-state index in [1.807, 2.05) is 0 Å². The summed E-state index contributed by atoms with van der Waals surface area (Å²) in [6.45, 7) is 3.03. The molecule has 2 aliphatic heterocycles. The highest BCUT2D eigenvalue weighted by molar-refractivity contribution is 4.70. The molecule has 0 radical (unpaired) electrons. The van der Waals surface area contributed by atoms with Crippen molar-refractivity contribution in [3.05, 3.63) is 0 Å². The van der Waals surface area contributed by atoms with Gasteiger partial charge in [-0.05, 0) is 25.7 Å². The van der Waals surface area contributed by atoms with Crippen molar-refractivity contribution >= 4 is 0 Å². The van der Waals surface area contributed by atoms with Crippen molar-refractivity contribution < 1.29 is 25.0 Å². The number of hydrogen-bond donors (Lipinski definition) is 3. The van der Waals surface area contributed by atoms with E-state index in [0.29, 0.717) is 26.2 Å². The summed E-state index contributed by atoms with van der Waals surface area (Å²) in [6, 6.07) is 0. The first-order chi connectivity index (χ1) is 9.63. The van der Waals surface area contributed by atoms with Crippen LogP contribution in [-0.2, 0) is 9.47 Å². The van der Waals surface area contributed by atoms with Gasteiger partial charge in [-0.15, -0.1) is 0 Å². The standard InChI is InChI=1S/C13H26N2O5/c16-11(9-19-12-1-5-14(17)6-2-12)10-20-13-3-7-15(18)8-4-13/h11-13,16-18H,1-10H2. The molecular weight excluding hydrogens is 264 g/mol. The van der Waals surface area contributed by atoms with E-state index in [1.54, 1.807) is 0 Å². The third kappa shape index (κ3) is 5.61. The lowest BCUT2D eigenvalue weighted by Crippen LogP contribution is -2.38. The Morgan fingerprint density at radius 1 is 0.800 bits per heavy atom. The van der Waals surface area contributed by atoms with Gasteiger partial charge in [0, 0.05) is 26.2 Å². The molecule has 0 unspecified atom stereocenters. The van der Waals surface area contributed by atoms with Crippen LogP contribution in [0.5, 0.6) is 0 Å². The van der Waals surface area contributed by atoms with Crippen molar-refractivity contribution in [2.45, 2.75) is 44.0 Å². The van der Waals surface area contributed by atoms with E-state index in [0.717, 1.165) is 25.7 Å². The molecule has 2 fully saturated rings. The summed E-state index contributed by atoms with van der Waals surface area (Å²) in [6.07, 6.45) is 2.78. The molecule has 2 heterocycles. The van der Waals surface area contributed by atoms with E-state index in [-0.39, 0.29) is 25.4 Å². The van der Waals surface area contributed by atoms with Crippen LogP contribution < -0.4 is 0 Å². The molecule has 2 saturated heterocycles. The van der Waals surface area contributed by atoms with Gasteiger partial charge in [0.15, 0.2) is 0 Å². The largest absolute Gasteiger partial charge is 0.388 e. The Bertz CT molecular complexity index is 239. The minimum absolute atomic E-state index is 0.116. The Labute approximate surface area is 119 Å². The van der Waals surface area contributed by atoms with E-state index < -0.39 is 6.10 Å². The van der Waals surface area contributed by atoms with E-state index in [9.17, 15) is 15.5 Å². The molecule has 0 aromatic carbocycles. The highest BCUT2D eigenvalue weighted by Gasteiger charge is 2.21. The predicted molar refractivity (Wildman–Crippen MR) is 70.7 cm³/mol. The van der Waals surface area contributed by atoms with Crippen LogP contribution in [-0.4, -0.2) is 83.4 Å². The van der Waals surface area contributed by atoms with Gasteiger partial charge in [0.25, 0.3) is 0 Å². The van der Waals surface area contributed by atoms with Crippen LogP contribution in [0.3, 0.4) is 0 Å². The summed E-state index contributed by atoms with van der Waals surface area (Å²) in [5, 5.41) is 30.9. The Kier molecular flexibility index (Phi) is 6.63. The smallest absolute Gasteiger partial charge is 0.101 e. The van der Waals surface area contributed by atoms with Gasteiger partial charge >= 0.3 is 0 Å². The van der Waals surface area contributed by atoms with Crippen LogP contribution in [0, 0.1) is 0 Å². The monoisotopic (exact) mass is 290 g/mol. The molecule has 20 heavy (non-hydrogen) atoms. The van der Waals surface area contributed by atoms with E-state index >= 15 is 0 Å². The second-order valence-corrected chi connectivity index (χ2v) is 5.63. The fourth-order valence-electron chi connectivity index (χ4n) is 2.56.